The molecule has 6 aliphatic heterocycles. The molecule has 6 saturated heterocycles. The summed E-state index contributed by atoms with van der Waals surface area (Å²) in [5.74, 6) is -2.83. The Morgan fingerprint density at radius 3 is 1.09 bits per heavy atom. The molecule has 0 bridgehead atoms. The summed E-state index contributed by atoms with van der Waals surface area (Å²) in [6.45, 7) is 15.1. The van der Waals surface area contributed by atoms with Gasteiger partial charge < -0.3 is 57.6 Å². The van der Waals surface area contributed by atoms with E-state index in [0.717, 1.165) is 0 Å². The van der Waals surface area contributed by atoms with Crippen molar-refractivity contribution in [3.8, 4) is 0 Å². The van der Waals surface area contributed by atoms with E-state index in [2.05, 4.69) is 9.30 Å². The Morgan fingerprint density at radius 2 is 0.837 bits per heavy atom. The Hall–Kier alpha value is 0.524. The van der Waals surface area contributed by atoms with Crippen molar-refractivity contribution in [2.24, 2.45) is 0 Å². The molecule has 0 N–H and O–H groups in total. The first-order valence-electron chi connectivity index (χ1n) is 14.4. The van der Waals surface area contributed by atoms with Crippen LogP contribution in [0, 0.1) is 32.1 Å². The SMILES string of the molecule is CC1(C)O[C@H]2O[C@H]([C@@H]3COC(C)(C)O3)[C@H]([O-])[C@H]2O1.CC1(C)O[C@H]2O[C@H]([C@@H]3COC(C)(C)O3)[C@H]([O-])[C@H]2O1.[CH]1[CH][CH][CH][CH]1.[Cl][Ti+3]. The number of ether oxygens (including phenoxy) is 10. The molecule has 1 aliphatic carbocycles. The summed E-state index contributed by atoms with van der Waals surface area (Å²) in [5, 5.41) is 24.6. The van der Waals surface area contributed by atoms with E-state index in [1.165, 1.54) is 19.4 Å². The van der Waals surface area contributed by atoms with Gasteiger partial charge in [0.25, 0.3) is 0 Å². The Balaban J connectivity index is 0.000000162. The second kappa shape index (κ2) is 14.3. The molecule has 0 spiro atoms. The molecule has 12 nitrogen and oxygen atoms in total. The van der Waals surface area contributed by atoms with Crippen molar-refractivity contribution in [3.05, 3.63) is 32.1 Å². The molecular formula is C29H43ClO12Ti+. The van der Waals surface area contributed by atoms with Crippen LogP contribution in [0.4, 0.5) is 0 Å². The molecular weight excluding hydrogens is 624 g/mol. The number of hydrogen-bond donors (Lipinski definition) is 0. The zero-order chi connectivity index (χ0) is 31.8. The molecule has 1 saturated carbocycles. The summed E-state index contributed by atoms with van der Waals surface area (Å²) < 4.78 is 55.8. The summed E-state index contributed by atoms with van der Waals surface area (Å²) in [6.07, 6.45) is 3.75. The van der Waals surface area contributed by atoms with Gasteiger partial charge >= 0.3 is 28.7 Å². The third-order valence-corrected chi connectivity index (χ3v) is 7.40. The van der Waals surface area contributed by atoms with Crippen molar-refractivity contribution < 1.29 is 77.0 Å². The molecule has 10 atom stereocenters. The van der Waals surface area contributed by atoms with Gasteiger partial charge in [-0.2, -0.15) is 0 Å². The van der Waals surface area contributed by atoms with Crippen LogP contribution in [0.3, 0.4) is 0 Å². The quantitative estimate of drug-likeness (QED) is 0.392. The summed E-state index contributed by atoms with van der Waals surface area (Å²) in [5.41, 5.74) is 0. The fourth-order valence-corrected chi connectivity index (χ4v) is 5.68. The second-order valence-corrected chi connectivity index (χ2v) is 12.8. The molecule has 6 heterocycles. The molecule has 0 unspecified atom stereocenters. The zero-order valence-corrected chi connectivity index (χ0v) is 28.2. The van der Waals surface area contributed by atoms with Crippen LogP contribution < -0.4 is 10.2 Å². The van der Waals surface area contributed by atoms with Crippen LogP contribution in [0.2, 0.25) is 0 Å². The van der Waals surface area contributed by atoms with Gasteiger partial charge in [0.2, 0.25) is 0 Å². The molecule has 0 amide bonds. The molecule has 0 aromatic rings. The summed E-state index contributed by atoms with van der Waals surface area (Å²) >= 11 is 1.47. The Kier molecular flexibility index (Phi) is 12.1. The number of rotatable bonds is 2. The van der Waals surface area contributed by atoms with Gasteiger partial charge in [0.05, 0.1) is 25.4 Å². The van der Waals surface area contributed by atoms with Crippen molar-refractivity contribution in [1.29, 1.82) is 0 Å². The fraction of sp³-hybridized carbons (Fsp3) is 0.828. The summed E-state index contributed by atoms with van der Waals surface area (Å²) in [4.78, 5) is 0. The average molecular weight is 667 g/mol. The Labute approximate surface area is 270 Å². The molecule has 0 aromatic heterocycles. The van der Waals surface area contributed by atoms with Crippen LogP contribution in [-0.2, 0) is 66.7 Å². The van der Waals surface area contributed by atoms with Crippen molar-refractivity contribution in [2.45, 2.75) is 140 Å². The molecule has 14 heteroatoms. The van der Waals surface area contributed by atoms with Crippen molar-refractivity contribution in [1.82, 2.24) is 0 Å². The average Bonchev–Trinajstić information content (AvgIpc) is 3.76. The Bertz CT molecular complexity index is 829. The molecule has 241 valence electrons. The number of fused-ring (bicyclic) bond motifs is 2. The Morgan fingerprint density at radius 1 is 0.512 bits per heavy atom. The molecule has 7 fully saturated rings. The van der Waals surface area contributed by atoms with E-state index >= 15 is 0 Å². The van der Waals surface area contributed by atoms with E-state index in [1.54, 1.807) is 27.7 Å². The van der Waals surface area contributed by atoms with Crippen molar-refractivity contribution in [2.75, 3.05) is 13.2 Å². The summed E-state index contributed by atoms with van der Waals surface area (Å²) in [6, 6.07) is 0. The number of hydrogen-bond acceptors (Lipinski definition) is 12. The van der Waals surface area contributed by atoms with E-state index in [1.807, 2.05) is 59.8 Å². The zero-order valence-electron chi connectivity index (χ0n) is 25.9. The first kappa shape index (κ1) is 36.4. The van der Waals surface area contributed by atoms with E-state index < -0.39 is 72.4 Å². The first-order chi connectivity index (χ1) is 20.0. The second-order valence-electron chi connectivity index (χ2n) is 12.8. The van der Waals surface area contributed by atoms with Gasteiger partial charge in [0, 0.05) is 0 Å². The van der Waals surface area contributed by atoms with Crippen LogP contribution in [0.1, 0.15) is 55.4 Å². The van der Waals surface area contributed by atoms with Gasteiger partial charge in [0.1, 0.15) is 24.4 Å². The maximum absolute atomic E-state index is 12.3. The predicted molar refractivity (Wildman–Crippen MR) is 142 cm³/mol. The van der Waals surface area contributed by atoms with Crippen LogP contribution in [-0.4, -0.2) is 97.8 Å². The minimum atomic E-state index is -1.01. The van der Waals surface area contributed by atoms with Gasteiger partial charge in [-0.1, -0.05) is 12.2 Å². The first-order valence-corrected chi connectivity index (χ1v) is 16.5. The monoisotopic (exact) mass is 666 g/mol. The third-order valence-electron chi connectivity index (χ3n) is 7.40. The van der Waals surface area contributed by atoms with E-state index in [-0.39, 0.29) is 12.2 Å². The standard InChI is InChI=1S/2C12H19O6.C5H5.ClH.Ti/c2*1-11(2)14-5-6(16-11)8-7(13)9-10(15-8)18-12(3,4)17-9;1-2-4-5-3-1;;/h2*6-10H,5H2,1-4H3;1-5H;1H;/q2*-1;;;+4/p-1/t2*6-,7-,8+,9+,10+;;;/m00.../s1. The van der Waals surface area contributed by atoms with Crippen LogP contribution in [0.5, 0.6) is 0 Å². The topological polar surface area (TPSA) is 138 Å². The van der Waals surface area contributed by atoms with Crippen molar-refractivity contribution in [3.63, 3.8) is 0 Å². The van der Waals surface area contributed by atoms with E-state index in [0.29, 0.717) is 13.2 Å². The normalized spacial score (nSPS) is 44.4. The molecule has 7 aliphatic rings. The van der Waals surface area contributed by atoms with Crippen LogP contribution in [0.15, 0.2) is 0 Å². The van der Waals surface area contributed by atoms with Crippen molar-refractivity contribution >= 4 is 9.30 Å². The van der Waals surface area contributed by atoms with Crippen LogP contribution in [0.25, 0.3) is 0 Å². The van der Waals surface area contributed by atoms with Crippen LogP contribution >= 0.6 is 9.30 Å². The van der Waals surface area contributed by atoms with Gasteiger partial charge in [-0.15, -0.1) is 0 Å². The fourth-order valence-electron chi connectivity index (χ4n) is 5.68. The van der Waals surface area contributed by atoms with Gasteiger partial charge in [-0.3, -0.25) is 0 Å². The molecule has 43 heavy (non-hydrogen) atoms. The maximum atomic E-state index is 12.3. The van der Waals surface area contributed by atoms with E-state index in [4.69, 9.17) is 47.4 Å². The van der Waals surface area contributed by atoms with Gasteiger partial charge in [0.15, 0.2) is 35.7 Å². The predicted octanol–water partition coefficient (Wildman–Crippen LogP) is 1.19. The number of halogens is 1. The minimum absolute atomic E-state index is 0.358. The van der Waals surface area contributed by atoms with Gasteiger partial charge in [-0.05, 0) is 87.5 Å². The summed E-state index contributed by atoms with van der Waals surface area (Å²) in [7, 11) is 4.64. The van der Waals surface area contributed by atoms with E-state index in [9.17, 15) is 10.2 Å². The third kappa shape index (κ3) is 9.12. The molecule has 7 rings (SSSR count). The van der Waals surface area contributed by atoms with Gasteiger partial charge in [-0.25, -0.2) is 0 Å². The molecule has 5 radical (unpaired) electrons. The molecule has 0 aromatic carbocycles.